The van der Waals surface area contributed by atoms with E-state index in [1.807, 2.05) is 29.3 Å². The first kappa shape index (κ1) is 20.0. The highest BCUT2D eigenvalue weighted by atomic mass is 16.2. The van der Waals surface area contributed by atoms with E-state index < -0.39 is 0 Å². The van der Waals surface area contributed by atoms with Gasteiger partial charge in [-0.2, -0.15) is 0 Å². The number of amides is 1. The zero-order valence-corrected chi connectivity index (χ0v) is 18.0. The van der Waals surface area contributed by atoms with Crippen LogP contribution in [0.1, 0.15) is 36.0 Å². The summed E-state index contributed by atoms with van der Waals surface area (Å²) < 4.78 is 0. The Kier molecular flexibility index (Phi) is 5.85. The Labute approximate surface area is 184 Å². The lowest BCUT2D eigenvalue weighted by molar-refractivity contribution is 0.0992. The number of hydrogen-bond acceptors (Lipinski definition) is 4. The summed E-state index contributed by atoms with van der Waals surface area (Å²) in [5.74, 6) is 1.26. The van der Waals surface area contributed by atoms with Crippen molar-refractivity contribution < 1.29 is 4.79 Å². The van der Waals surface area contributed by atoms with Crippen LogP contribution in [0.5, 0.6) is 0 Å². The van der Waals surface area contributed by atoms with Crippen molar-refractivity contribution in [2.75, 3.05) is 49.1 Å². The van der Waals surface area contributed by atoms with E-state index in [1.165, 1.54) is 25.8 Å². The molecular formula is C26H30N4O. The molecule has 0 unspecified atom stereocenters. The number of carbonyl (C=O) groups excluding carboxylic acids is 1. The zero-order chi connectivity index (χ0) is 21.0. The topological polar surface area (TPSA) is 39.7 Å². The lowest BCUT2D eigenvalue weighted by atomic mass is 10.1. The van der Waals surface area contributed by atoms with Crippen LogP contribution in [0.25, 0.3) is 10.8 Å². The standard InChI is InChI=1S/C26H30N4O/c31-26-22-11-7-9-21-10-8-12-23(25(21)22)30(26)16-6-2-1-5-15-28-17-19-29(20-18-28)24-13-3-4-14-27-24/h3-4,7-14H,1-2,5-6,15-20H2. The molecule has 160 valence electrons. The average molecular weight is 415 g/mol. The number of pyridine rings is 1. The summed E-state index contributed by atoms with van der Waals surface area (Å²) in [4.78, 5) is 24.2. The fourth-order valence-electron chi connectivity index (χ4n) is 4.90. The highest BCUT2D eigenvalue weighted by molar-refractivity contribution is 6.24. The van der Waals surface area contributed by atoms with Crippen LogP contribution >= 0.6 is 0 Å². The van der Waals surface area contributed by atoms with Crippen LogP contribution < -0.4 is 9.80 Å². The molecule has 2 aliphatic rings. The smallest absolute Gasteiger partial charge is 0.258 e. The number of hydrogen-bond donors (Lipinski definition) is 0. The van der Waals surface area contributed by atoms with Gasteiger partial charge < -0.3 is 9.80 Å². The molecule has 0 aliphatic carbocycles. The predicted molar refractivity (Wildman–Crippen MR) is 127 cm³/mol. The summed E-state index contributed by atoms with van der Waals surface area (Å²) in [6.07, 6.45) is 6.55. The molecule has 1 fully saturated rings. The normalized spacial score (nSPS) is 16.5. The first-order valence-corrected chi connectivity index (χ1v) is 11.5. The third-order valence-electron chi connectivity index (χ3n) is 6.60. The van der Waals surface area contributed by atoms with Crippen LogP contribution in [0.4, 0.5) is 11.5 Å². The summed E-state index contributed by atoms with van der Waals surface area (Å²) in [6, 6.07) is 18.4. The Bertz CT molecular complexity index is 1040. The van der Waals surface area contributed by atoms with E-state index >= 15 is 0 Å². The van der Waals surface area contributed by atoms with Gasteiger partial charge in [0.1, 0.15) is 5.82 Å². The van der Waals surface area contributed by atoms with E-state index in [4.69, 9.17) is 0 Å². The molecule has 1 saturated heterocycles. The summed E-state index contributed by atoms with van der Waals surface area (Å²) in [7, 11) is 0. The van der Waals surface area contributed by atoms with E-state index in [-0.39, 0.29) is 5.91 Å². The van der Waals surface area contributed by atoms with Gasteiger partial charge in [0.15, 0.2) is 0 Å². The number of benzene rings is 2. The van der Waals surface area contributed by atoms with Crippen LogP contribution in [-0.2, 0) is 0 Å². The van der Waals surface area contributed by atoms with Gasteiger partial charge in [0.2, 0.25) is 0 Å². The summed E-state index contributed by atoms with van der Waals surface area (Å²) in [5, 5.41) is 2.29. The molecule has 0 spiro atoms. The number of nitrogens with zero attached hydrogens (tertiary/aromatic N) is 4. The van der Waals surface area contributed by atoms with Crippen molar-refractivity contribution in [1.29, 1.82) is 0 Å². The summed E-state index contributed by atoms with van der Waals surface area (Å²) >= 11 is 0. The minimum atomic E-state index is 0.164. The van der Waals surface area contributed by atoms with E-state index in [2.05, 4.69) is 51.2 Å². The monoisotopic (exact) mass is 414 g/mol. The van der Waals surface area contributed by atoms with Gasteiger partial charge in [0.25, 0.3) is 5.91 Å². The Hall–Kier alpha value is -2.92. The second-order valence-corrected chi connectivity index (χ2v) is 8.57. The van der Waals surface area contributed by atoms with Gasteiger partial charge in [-0.05, 0) is 49.0 Å². The highest BCUT2D eigenvalue weighted by Gasteiger charge is 2.28. The third kappa shape index (κ3) is 4.15. The van der Waals surface area contributed by atoms with Crippen LogP contribution in [0.3, 0.4) is 0 Å². The number of carbonyl (C=O) groups is 1. The third-order valence-corrected chi connectivity index (χ3v) is 6.60. The maximum absolute atomic E-state index is 12.8. The molecule has 0 bridgehead atoms. The molecule has 0 atom stereocenters. The van der Waals surface area contributed by atoms with Crippen molar-refractivity contribution in [3.05, 3.63) is 66.4 Å². The molecule has 0 saturated carbocycles. The fourth-order valence-corrected chi connectivity index (χ4v) is 4.90. The van der Waals surface area contributed by atoms with Gasteiger partial charge in [-0.25, -0.2) is 4.98 Å². The second kappa shape index (κ2) is 9.06. The van der Waals surface area contributed by atoms with E-state index in [1.54, 1.807) is 0 Å². The maximum atomic E-state index is 12.8. The average Bonchev–Trinajstić information content (AvgIpc) is 3.10. The zero-order valence-electron chi connectivity index (χ0n) is 18.0. The van der Waals surface area contributed by atoms with Crippen LogP contribution in [0, 0.1) is 0 Å². The lowest BCUT2D eigenvalue weighted by Crippen LogP contribution is -2.46. The Morgan fingerprint density at radius 3 is 2.32 bits per heavy atom. The van der Waals surface area contributed by atoms with Crippen molar-refractivity contribution >= 4 is 28.2 Å². The van der Waals surface area contributed by atoms with Gasteiger partial charge >= 0.3 is 0 Å². The molecule has 5 heteroatoms. The quantitative estimate of drug-likeness (QED) is 0.506. The minimum absolute atomic E-state index is 0.164. The second-order valence-electron chi connectivity index (χ2n) is 8.57. The van der Waals surface area contributed by atoms with Crippen molar-refractivity contribution in [1.82, 2.24) is 9.88 Å². The number of unbranched alkanes of at least 4 members (excludes halogenated alkanes) is 3. The van der Waals surface area contributed by atoms with Gasteiger partial charge in [0, 0.05) is 49.9 Å². The minimum Gasteiger partial charge on any atom is -0.354 e. The molecule has 1 aromatic heterocycles. The van der Waals surface area contributed by atoms with Gasteiger partial charge in [-0.1, -0.05) is 43.2 Å². The van der Waals surface area contributed by atoms with E-state index in [0.29, 0.717) is 0 Å². The maximum Gasteiger partial charge on any atom is 0.258 e. The molecule has 3 aromatic rings. The van der Waals surface area contributed by atoms with E-state index in [0.717, 1.165) is 67.0 Å². The van der Waals surface area contributed by atoms with Crippen LogP contribution in [0.15, 0.2) is 60.8 Å². The Balaban J connectivity index is 1.03. The molecule has 1 amide bonds. The van der Waals surface area contributed by atoms with Crippen LogP contribution in [-0.4, -0.2) is 55.1 Å². The molecule has 3 heterocycles. The van der Waals surface area contributed by atoms with Crippen molar-refractivity contribution in [2.24, 2.45) is 0 Å². The molecule has 2 aliphatic heterocycles. The molecular weight excluding hydrogens is 384 g/mol. The van der Waals surface area contributed by atoms with Gasteiger partial charge in [-0.3, -0.25) is 9.69 Å². The molecule has 5 nitrogen and oxygen atoms in total. The SMILES string of the molecule is O=C1c2cccc3cccc(c23)N1CCCCCCN1CCN(c2ccccn2)CC1. The van der Waals surface area contributed by atoms with Crippen molar-refractivity contribution in [3.8, 4) is 0 Å². The van der Waals surface area contributed by atoms with Crippen molar-refractivity contribution in [3.63, 3.8) is 0 Å². The molecule has 31 heavy (non-hydrogen) atoms. The largest absolute Gasteiger partial charge is 0.354 e. The van der Waals surface area contributed by atoms with Gasteiger partial charge in [0.05, 0.1) is 5.69 Å². The lowest BCUT2D eigenvalue weighted by Gasteiger charge is -2.35. The summed E-state index contributed by atoms with van der Waals surface area (Å²) in [6.45, 7) is 6.32. The first-order valence-electron chi connectivity index (χ1n) is 11.5. The number of anilines is 2. The number of aromatic nitrogens is 1. The first-order chi connectivity index (χ1) is 15.3. The Morgan fingerprint density at radius 1 is 0.774 bits per heavy atom. The number of rotatable bonds is 8. The number of piperazine rings is 1. The van der Waals surface area contributed by atoms with Crippen molar-refractivity contribution in [2.45, 2.75) is 25.7 Å². The summed E-state index contributed by atoms with van der Waals surface area (Å²) in [5.41, 5.74) is 1.95. The Morgan fingerprint density at radius 2 is 1.55 bits per heavy atom. The van der Waals surface area contributed by atoms with Gasteiger partial charge in [-0.15, -0.1) is 0 Å². The molecule has 2 aromatic carbocycles. The molecule has 0 N–H and O–H groups in total. The van der Waals surface area contributed by atoms with E-state index in [9.17, 15) is 4.79 Å². The fraction of sp³-hybridized carbons (Fsp3) is 0.385. The predicted octanol–water partition coefficient (Wildman–Crippen LogP) is 4.58. The molecule has 5 rings (SSSR count). The highest BCUT2D eigenvalue weighted by Crippen LogP contribution is 2.37. The van der Waals surface area contributed by atoms with Crippen LogP contribution in [0.2, 0.25) is 0 Å². The molecule has 0 radical (unpaired) electrons.